The first-order chi connectivity index (χ1) is 15.1. The quantitative estimate of drug-likeness (QED) is 0.522. The maximum absolute atomic E-state index is 13.7. The molecule has 5 heterocycles. The number of nitrogens with zero attached hydrogens (tertiary/aromatic N) is 5. The minimum atomic E-state index is -0.111. The minimum Gasteiger partial charge on any atom is -0.420 e. The predicted molar refractivity (Wildman–Crippen MR) is 119 cm³/mol. The second-order valence-corrected chi connectivity index (χ2v) is 8.57. The molecule has 9 heteroatoms. The van der Waals surface area contributed by atoms with Crippen LogP contribution in [0.15, 0.2) is 40.4 Å². The van der Waals surface area contributed by atoms with Gasteiger partial charge in [-0.15, -0.1) is 21.5 Å². The summed E-state index contributed by atoms with van der Waals surface area (Å²) in [5.74, 6) is 1.41. The number of aromatic nitrogens is 4. The summed E-state index contributed by atoms with van der Waals surface area (Å²) in [6.45, 7) is 5.49. The van der Waals surface area contributed by atoms with Crippen LogP contribution in [0.25, 0.3) is 21.7 Å². The van der Waals surface area contributed by atoms with Gasteiger partial charge in [-0.25, -0.2) is 4.98 Å². The molecule has 0 spiro atoms. The molecule has 31 heavy (non-hydrogen) atoms. The van der Waals surface area contributed by atoms with Crippen LogP contribution >= 0.6 is 11.3 Å². The molecule has 8 nitrogen and oxygen atoms in total. The number of nitrogens with one attached hydrogen (secondary N) is 1. The fourth-order valence-corrected chi connectivity index (χ4v) is 4.90. The molecular weight excluding hydrogens is 412 g/mol. The SMILES string of the molecule is Cc1nnc(-c2ccc(C(=O)N(c3nccc4scc(C)c34)[C@@H]3CCCNC3)cn2)o1. The van der Waals surface area contributed by atoms with Gasteiger partial charge < -0.3 is 9.73 Å². The summed E-state index contributed by atoms with van der Waals surface area (Å²) in [6.07, 6.45) is 5.29. The van der Waals surface area contributed by atoms with Gasteiger partial charge in [-0.2, -0.15) is 0 Å². The van der Waals surface area contributed by atoms with Crippen molar-refractivity contribution < 1.29 is 9.21 Å². The topological polar surface area (TPSA) is 97.0 Å². The molecule has 1 aliphatic rings. The van der Waals surface area contributed by atoms with Gasteiger partial charge in [0.1, 0.15) is 11.5 Å². The van der Waals surface area contributed by atoms with E-state index in [0.29, 0.717) is 28.9 Å². The molecule has 0 aliphatic carbocycles. The van der Waals surface area contributed by atoms with E-state index in [1.807, 2.05) is 11.0 Å². The van der Waals surface area contributed by atoms with Crippen molar-refractivity contribution in [1.29, 1.82) is 0 Å². The van der Waals surface area contributed by atoms with Crippen molar-refractivity contribution in [1.82, 2.24) is 25.5 Å². The highest BCUT2D eigenvalue weighted by Gasteiger charge is 2.31. The molecule has 1 atom stereocenters. The van der Waals surface area contributed by atoms with E-state index in [1.54, 1.807) is 42.8 Å². The Bertz CT molecular complexity index is 1230. The zero-order valence-electron chi connectivity index (χ0n) is 17.3. The smallest absolute Gasteiger partial charge is 0.266 e. The first-order valence-corrected chi connectivity index (χ1v) is 11.1. The number of hydrogen-bond acceptors (Lipinski definition) is 8. The molecule has 5 rings (SSSR count). The highest BCUT2D eigenvalue weighted by Crippen LogP contribution is 2.34. The molecule has 0 saturated carbocycles. The lowest BCUT2D eigenvalue weighted by molar-refractivity contribution is 0.0971. The summed E-state index contributed by atoms with van der Waals surface area (Å²) < 4.78 is 6.57. The number of piperidine rings is 1. The summed E-state index contributed by atoms with van der Waals surface area (Å²) in [7, 11) is 0. The molecule has 4 aromatic rings. The van der Waals surface area contributed by atoms with Crippen LogP contribution in [0, 0.1) is 13.8 Å². The fraction of sp³-hybridized carbons (Fsp3) is 0.318. The summed E-state index contributed by atoms with van der Waals surface area (Å²) in [5, 5.41) is 14.4. The Hall–Kier alpha value is -3.17. The molecule has 0 bridgehead atoms. The maximum Gasteiger partial charge on any atom is 0.266 e. The van der Waals surface area contributed by atoms with Crippen LogP contribution < -0.4 is 10.2 Å². The third-order valence-corrected chi connectivity index (χ3v) is 6.55. The minimum absolute atomic E-state index is 0.0249. The van der Waals surface area contributed by atoms with E-state index in [4.69, 9.17) is 4.42 Å². The van der Waals surface area contributed by atoms with Gasteiger partial charge in [0.05, 0.1) is 11.6 Å². The van der Waals surface area contributed by atoms with Crippen LogP contribution in [0.2, 0.25) is 0 Å². The van der Waals surface area contributed by atoms with Crippen molar-refractivity contribution in [3.8, 4) is 11.6 Å². The number of aryl methyl sites for hydroxylation is 2. The Labute approximate surface area is 183 Å². The Morgan fingerprint density at radius 3 is 2.84 bits per heavy atom. The molecule has 1 fully saturated rings. The van der Waals surface area contributed by atoms with Crippen molar-refractivity contribution in [2.45, 2.75) is 32.7 Å². The highest BCUT2D eigenvalue weighted by molar-refractivity contribution is 7.17. The van der Waals surface area contributed by atoms with E-state index in [2.05, 4.69) is 37.8 Å². The van der Waals surface area contributed by atoms with Crippen molar-refractivity contribution in [2.75, 3.05) is 18.0 Å². The van der Waals surface area contributed by atoms with Crippen molar-refractivity contribution >= 4 is 33.1 Å². The third-order valence-electron chi connectivity index (χ3n) is 5.49. The standard InChI is InChI=1S/C22H22N6O2S/c1-13-12-31-18-7-9-24-20(19(13)18)28(16-4-3-8-23-11-16)22(29)15-5-6-17(25-10-15)21-27-26-14(2)30-21/h5-7,9-10,12,16,23H,3-4,8,11H2,1-2H3/t16-/m1/s1. The van der Waals surface area contributed by atoms with E-state index in [-0.39, 0.29) is 11.9 Å². The van der Waals surface area contributed by atoms with E-state index in [9.17, 15) is 4.79 Å². The Morgan fingerprint density at radius 2 is 2.13 bits per heavy atom. The van der Waals surface area contributed by atoms with E-state index in [0.717, 1.165) is 41.6 Å². The van der Waals surface area contributed by atoms with Gasteiger partial charge in [-0.05, 0) is 55.5 Å². The Morgan fingerprint density at radius 1 is 1.23 bits per heavy atom. The lowest BCUT2D eigenvalue weighted by Crippen LogP contribution is -2.49. The van der Waals surface area contributed by atoms with Gasteiger partial charge in [0.2, 0.25) is 5.89 Å². The number of thiophene rings is 1. The summed E-state index contributed by atoms with van der Waals surface area (Å²) in [5.41, 5.74) is 2.17. The average Bonchev–Trinajstić information content (AvgIpc) is 3.41. The lowest BCUT2D eigenvalue weighted by Gasteiger charge is -2.34. The molecule has 0 aromatic carbocycles. The number of carbonyl (C=O) groups is 1. The molecule has 4 aromatic heterocycles. The van der Waals surface area contributed by atoms with Crippen LogP contribution in [0.5, 0.6) is 0 Å². The first kappa shape index (κ1) is 19.8. The number of amides is 1. The number of pyridine rings is 2. The molecule has 1 aliphatic heterocycles. The van der Waals surface area contributed by atoms with Crippen molar-refractivity contribution in [2.24, 2.45) is 0 Å². The molecular formula is C22H22N6O2S. The van der Waals surface area contributed by atoms with Crippen molar-refractivity contribution in [3.05, 3.63) is 53.0 Å². The second-order valence-electron chi connectivity index (χ2n) is 7.66. The molecule has 1 saturated heterocycles. The van der Waals surface area contributed by atoms with E-state index >= 15 is 0 Å². The number of fused-ring (bicyclic) bond motifs is 1. The zero-order chi connectivity index (χ0) is 21.4. The van der Waals surface area contributed by atoms with E-state index < -0.39 is 0 Å². The van der Waals surface area contributed by atoms with Gasteiger partial charge in [-0.3, -0.25) is 14.7 Å². The summed E-state index contributed by atoms with van der Waals surface area (Å²) >= 11 is 1.67. The van der Waals surface area contributed by atoms with Gasteiger partial charge in [0, 0.05) is 35.9 Å². The Kier molecular flexibility index (Phi) is 5.21. The number of rotatable bonds is 4. The fourth-order valence-electron chi connectivity index (χ4n) is 3.97. The van der Waals surface area contributed by atoms with Gasteiger partial charge >= 0.3 is 0 Å². The van der Waals surface area contributed by atoms with E-state index in [1.165, 1.54) is 0 Å². The monoisotopic (exact) mass is 434 g/mol. The second kappa shape index (κ2) is 8.16. The largest absolute Gasteiger partial charge is 0.420 e. The average molecular weight is 435 g/mol. The number of hydrogen-bond donors (Lipinski definition) is 1. The number of carbonyl (C=O) groups excluding carboxylic acids is 1. The van der Waals surface area contributed by atoms with Gasteiger partial charge in [0.15, 0.2) is 0 Å². The predicted octanol–water partition coefficient (Wildman–Crippen LogP) is 3.76. The van der Waals surface area contributed by atoms with Crippen LogP contribution in [-0.4, -0.2) is 45.2 Å². The van der Waals surface area contributed by atoms with Crippen LogP contribution in [0.3, 0.4) is 0 Å². The van der Waals surface area contributed by atoms with Crippen LogP contribution in [-0.2, 0) is 0 Å². The normalized spacial score (nSPS) is 16.5. The highest BCUT2D eigenvalue weighted by atomic mass is 32.1. The van der Waals surface area contributed by atoms with Crippen molar-refractivity contribution in [3.63, 3.8) is 0 Å². The van der Waals surface area contributed by atoms with Gasteiger partial charge in [0.25, 0.3) is 11.8 Å². The molecule has 158 valence electrons. The Balaban J connectivity index is 1.55. The summed E-state index contributed by atoms with van der Waals surface area (Å²) in [6, 6.07) is 5.52. The zero-order valence-corrected chi connectivity index (χ0v) is 18.1. The van der Waals surface area contributed by atoms with Crippen LogP contribution in [0.1, 0.15) is 34.7 Å². The molecule has 0 unspecified atom stereocenters. The summed E-state index contributed by atoms with van der Waals surface area (Å²) in [4.78, 5) is 24.6. The third kappa shape index (κ3) is 3.70. The first-order valence-electron chi connectivity index (χ1n) is 10.3. The van der Waals surface area contributed by atoms with Crippen LogP contribution in [0.4, 0.5) is 5.82 Å². The van der Waals surface area contributed by atoms with Gasteiger partial charge in [-0.1, -0.05) is 0 Å². The molecule has 1 N–H and O–H groups in total. The molecule has 0 radical (unpaired) electrons. The number of anilines is 1. The maximum atomic E-state index is 13.7. The molecule has 1 amide bonds. The lowest BCUT2D eigenvalue weighted by atomic mass is 10.0.